The van der Waals surface area contributed by atoms with Crippen molar-refractivity contribution in [3.8, 4) is 0 Å². The average Bonchev–Trinajstić information content (AvgIpc) is 3.08. The Kier molecular flexibility index (Phi) is 6.53. The Bertz CT molecular complexity index is 810. The summed E-state index contributed by atoms with van der Waals surface area (Å²) in [6.45, 7) is 2.83. The number of rotatable bonds is 7. The SMILES string of the molecule is COC(=O)CCN1CCC(N2CC(OC)=C(c3ccc(C(=N)N)cc3)C2=O)CC1. The molecule has 156 valence electrons. The molecular weight excluding hydrogens is 372 g/mol. The molecule has 1 aromatic rings. The molecule has 1 saturated heterocycles. The van der Waals surface area contributed by atoms with Gasteiger partial charge in [0.2, 0.25) is 0 Å². The maximum atomic E-state index is 13.2. The van der Waals surface area contributed by atoms with Crippen molar-refractivity contribution in [1.29, 1.82) is 5.41 Å². The fraction of sp³-hybridized carbons (Fsp3) is 0.476. The molecule has 0 spiro atoms. The molecule has 0 radical (unpaired) electrons. The molecule has 2 aliphatic rings. The van der Waals surface area contributed by atoms with Crippen molar-refractivity contribution < 1.29 is 19.1 Å². The minimum Gasteiger partial charge on any atom is -0.498 e. The molecular formula is C21H28N4O4. The van der Waals surface area contributed by atoms with Gasteiger partial charge in [0, 0.05) is 31.2 Å². The van der Waals surface area contributed by atoms with Crippen molar-refractivity contribution in [2.24, 2.45) is 5.73 Å². The van der Waals surface area contributed by atoms with E-state index in [-0.39, 0.29) is 23.8 Å². The van der Waals surface area contributed by atoms with Crippen molar-refractivity contribution in [3.63, 3.8) is 0 Å². The maximum Gasteiger partial charge on any atom is 0.306 e. The first-order valence-electron chi connectivity index (χ1n) is 9.76. The topological polar surface area (TPSA) is 109 Å². The number of hydrogen-bond donors (Lipinski definition) is 2. The predicted octanol–water partition coefficient (Wildman–Crippen LogP) is 1.20. The summed E-state index contributed by atoms with van der Waals surface area (Å²) in [5, 5.41) is 7.51. The molecule has 8 heteroatoms. The van der Waals surface area contributed by atoms with Gasteiger partial charge in [0.25, 0.3) is 5.91 Å². The predicted molar refractivity (Wildman–Crippen MR) is 109 cm³/mol. The van der Waals surface area contributed by atoms with Crippen LogP contribution in [0, 0.1) is 5.41 Å². The van der Waals surface area contributed by atoms with Crippen LogP contribution in [-0.2, 0) is 19.1 Å². The number of likely N-dealkylation sites (tertiary alicyclic amines) is 1. The molecule has 0 aliphatic carbocycles. The van der Waals surface area contributed by atoms with Crippen LogP contribution in [0.15, 0.2) is 30.0 Å². The second-order valence-electron chi connectivity index (χ2n) is 7.33. The van der Waals surface area contributed by atoms with Crippen LogP contribution in [0.3, 0.4) is 0 Å². The zero-order valence-corrected chi connectivity index (χ0v) is 16.9. The number of piperidine rings is 1. The Morgan fingerprint density at radius 3 is 2.41 bits per heavy atom. The first-order chi connectivity index (χ1) is 13.9. The fourth-order valence-electron chi connectivity index (χ4n) is 3.94. The van der Waals surface area contributed by atoms with E-state index in [2.05, 4.69) is 4.90 Å². The van der Waals surface area contributed by atoms with Gasteiger partial charge in [0.1, 0.15) is 11.6 Å². The highest BCUT2D eigenvalue weighted by Gasteiger charge is 2.37. The van der Waals surface area contributed by atoms with E-state index in [1.807, 2.05) is 17.0 Å². The molecule has 0 aromatic heterocycles. The lowest BCUT2D eigenvalue weighted by Crippen LogP contribution is -2.46. The van der Waals surface area contributed by atoms with E-state index in [0.717, 1.165) is 31.5 Å². The van der Waals surface area contributed by atoms with Crippen LogP contribution in [0.1, 0.15) is 30.4 Å². The summed E-state index contributed by atoms with van der Waals surface area (Å²) in [4.78, 5) is 28.6. The lowest BCUT2D eigenvalue weighted by atomic mass is 10.0. The first-order valence-corrected chi connectivity index (χ1v) is 9.76. The molecule has 0 bridgehead atoms. The number of nitrogens with one attached hydrogen (secondary N) is 1. The number of amidine groups is 1. The lowest BCUT2D eigenvalue weighted by molar-refractivity contribution is -0.141. The molecule has 3 rings (SSSR count). The van der Waals surface area contributed by atoms with Gasteiger partial charge in [-0.05, 0) is 18.4 Å². The molecule has 1 fully saturated rings. The van der Waals surface area contributed by atoms with Gasteiger partial charge >= 0.3 is 5.97 Å². The summed E-state index contributed by atoms with van der Waals surface area (Å²) in [5.74, 6) is 0.441. The monoisotopic (exact) mass is 400 g/mol. The molecule has 2 aliphatic heterocycles. The third-order valence-electron chi connectivity index (χ3n) is 5.66. The van der Waals surface area contributed by atoms with Crippen LogP contribution in [0.25, 0.3) is 5.57 Å². The van der Waals surface area contributed by atoms with E-state index in [9.17, 15) is 9.59 Å². The summed E-state index contributed by atoms with van der Waals surface area (Å²) in [6.07, 6.45) is 2.11. The van der Waals surface area contributed by atoms with Crippen molar-refractivity contribution in [2.75, 3.05) is 40.4 Å². The van der Waals surface area contributed by atoms with Gasteiger partial charge in [0.15, 0.2) is 0 Å². The molecule has 1 amide bonds. The summed E-state index contributed by atoms with van der Waals surface area (Å²) in [6, 6.07) is 7.25. The number of amides is 1. The second-order valence-corrected chi connectivity index (χ2v) is 7.33. The van der Waals surface area contributed by atoms with Crippen LogP contribution < -0.4 is 5.73 Å². The van der Waals surface area contributed by atoms with Crippen molar-refractivity contribution in [2.45, 2.75) is 25.3 Å². The average molecular weight is 400 g/mol. The van der Waals surface area contributed by atoms with E-state index in [4.69, 9.17) is 20.6 Å². The number of ether oxygens (including phenoxy) is 2. The van der Waals surface area contributed by atoms with Crippen LogP contribution in [0.5, 0.6) is 0 Å². The summed E-state index contributed by atoms with van der Waals surface area (Å²) >= 11 is 0. The Labute approximate surface area is 170 Å². The highest BCUT2D eigenvalue weighted by atomic mass is 16.5. The minimum absolute atomic E-state index is 0.00386. The number of benzene rings is 1. The van der Waals surface area contributed by atoms with Gasteiger partial charge in [-0.2, -0.15) is 0 Å². The van der Waals surface area contributed by atoms with Crippen LogP contribution in [0.2, 0.25) is 0 Å². The van der Waals surface area contributed by atoms with E-state index >= 15 is 0 Å². The third kappa shape index (κ3) is 4.59. The van der Waals surface area contributed by atoms with E-state index in [1.165, 1.54) is 7.11 Å². The Morgan fingerprint density at radius 2 is 1.86 bits per heavy atom. The van der Waals surface area contributed by atoms with Crippen LogP contribution >= 0.6 is 0 Å². The molecule has 1 aromatic carbocycles. The number of methoxy groups -OCH3 is 2. The van der Waals surface area contributed by atoms with E-state index in [1.54, 1.807) is 19.2 Å². The van der Waals surface area contributed by atoms with Gasteiger partial charge in [-0.15, -0.1) is 0 Å². The lowest BCUT2D eigenvalue weighted by Gasteiger charge is -2.36. The number of nitrogens with zero attached hydrogens (tertiary/aromatic N) is 2. The largest absolute Gasteiger partial charge is 0.498 e. The van der Waals surface area contributed by atoms with Crippen LogP contribution in [-0.4, -0.2) is 74.0 Å². The van der Waals surface area contributed by atoms with Crippen LogP contribution in [0.4, 0.5) is 0 Å². The Balaban J connectivity index is 1.64. The maximum absolute atomic E-state index is 13.2. The number of esters is 1. The van der Waals surface area contributed by atoms with Gasteiger partial charge in [-0.25, -0.2) is 0 Å². The minimum atomic E-state index is -0.198. The van der Waals surface area contributed by atoms with Gasteiger partial charge in [0.05, 0.1) is 32.8 Å². The molecule has 0 unspecified atom stereocenters. The number of nitrogen functional groups attached to an aromatic ring is 1. The fourth-order valence-corrected chi connectivity index (χ4v) is 3.94. The smallest absolute Gasteiger partial charge is 0.306 e. The number of carbonyl (C=O) groups excluding carboxylic acids is 2. The van der Waals surface area contributed by atoms with Crippen molar-refractivity contribution >= 4 is 23.3 Å². The second kappa shape index (κ2) is 9.09. The normalized spacial score (nSPS) is 18.3. The Hall–Kier alpha value is -2.87. The summed E-state index contributed by atoms with van der Waals surface area (Å²) < 4.78 is 10.2. The van der Waals surface area contributed by atoms with E-state index < -0.39 is 0 Å². The zero-order chi connectivity index (χ0) is 21.0. The summed E-state index contributed by atoms with van der Waals surface area (Å²) in [5.41, 5.74) is 7.49. The number of nitrogens with two attached hydrogens (primary N) is 1. The van der Waals surface area contributed by atoms with Crippen molar-refractivity contribution in [3.05, 3.63) is 41.2 Å². The molecule has 29 heavy (non-hydrogen) atoms. The first kappa shape index (κ1) is 20.9. The quantitative estimate of drug-likeness (QED) is 0.404. The van der Waals surface area contributed by atoms with Gasteiger partial charge in [-0.1, -0.05) is 24.3 Å². The molecule has 0 saturated carbocycles. The molecule has 2 heterocycles. The molecule has 8 nitrogen and oxygen atoms in total. The van der Waals surface area contributed by atoms with Gasteiger partial charge in [-0.3, -0.25) is 15.0 Å². The zero-order valence-electron chi connectivity index (χ0n) is 16.9. The molecule has 3 N–H and O–H groups in total. The highest BCUT2D eigenvalue weighted by Crippen LogP contribution is 2.32. The standard InChI is InChI=1S/C21H28N4O4/c1-28-17-13-25(16-7-10-24(11-8-16)12-9-18(26)29-2)21(27)19(17)14-3-5-15(6-4-14)20(22)23/h3-6,16H,7-13H2,1-2H3,(H3,22,23). The third-order valence-corrected chi connectivity index (χ3v) is 5.66. The highest BCUT2D eigenvalue weighted by molar-refractivity contribution is 6.22. The van der Waals surface area contributed by atoms with Gasteiger partial charge < -0.3 is 25.0 Å². The number of carbonyl (C=O) groups is 2. The Morgan fingerprint density at radius 1 is 1.21 bits per heavy atom. The molecule has 0 atom stereocenters. The summed E-state index contributed by atoms with van der Waals surface area (Å²) in [7, 11) is 2.99. The van der Waals surface area contributed by atoms with Crippen molar-refractivity contribution in [1.82, 2.24) is 9.80 Å². The number of hydrogen-bond acceptors (Lipinski definition) is 6. The van der Waals surface area contributed by atoms with E-state index in [0.29, 0.717) is 36.4 Å².